The first-order valence-electron chi connectivity index (χ1n) is 11.8. The molecule has 13 heteroatoms. The van der Waals surface area contributed by atoms with Crippen LogP contribution in [0.15, 0.2) is 41.4 Å². The van der Waals surface area contributed by atoms with E-state index in [1.165, 1.54) is 26.4 Å². The van der Waals surface area contributed by atoms with Crippen LogP contribution in [-0.2, 0) is 22.6 Å². The molecule has 0 saturated carbocycles. The molecule has 0 aliphatic heterocycles. The Morgan fingerprint density at radius 1 is 1.11 bits per heavy atom. The van der Waals surface area contributed by atoms with E-state index in [-0.39, 0.29) is 42.1 Å². The summed E-state index contributed by atoms with van der Waals surface area (Å²) in [6.45, 7) is 3.98. The molecule has 202 valence electrons. The zero-order chi connectivity index (χ0) is 27.7. The minimum atomic E-state index is -0.753. The molecular formula is C25H31FN8O4. The van der Waals surface area contributed by atoms with Crippen LogP contribution in [0.4, 0.5) is 4.39 Å². The maximum Gasteiger partial charge on any atom is 0.253 e. The van der Waals surface area contributed by atoms with Crippen molar-refractivity contribution in [3.05, 3.63) is 53.3 Å². The number of carbonyl (C=O) groups excluding carboxylic acids is 2. The van der Waals surface area contributed by atoms with Gasteiger partial charge in [0.05, 0.1) is 26.2 Å². The average molecular weight is 527 g/mol. The second-order valence-corrected chi connectivity index (χ2v) is 8.87. The number of halogens is 1. The van der Waals surface area contributed by atoms with Crippen LogP contribution in [0, 0.1) is 11.7 Å². The highest BCUT2D eigenvalue weighted by atomic mass is 19.1. The number of tetrazole rings is 1. The Morgan fingerprint density at radius 2 is 1.84 bits per heavy atom. The van der Waals surface area contributed by atoms with Gasteiger partial charge in [0.2, 0.25) is 5.91 Å². The number of H-pyrrole nitrogens is 1. The maximum absolute atomic E-state index is 14.5. The standard InChI is InChI=1S/C25H31FN8O4/c1-14(2)9-19(24(36)28-13-16-5-7-17(18(26)10-16)23-31-33-34-32-23)29-25(27)30-22(35)12-15-6-8-20(37-3)21(11-15)38-4/h5-8,10-11,14,19H,9,12-13H2,1-4H3,(H,28,36)(H3,27,29,30,35)(H,31,32,33,34)/t19-/m1/s1. The Balaban J connectivity index is 1.61. The van der Waals surface area contributed by atoms with Gasteiger partial charge in [-0.05, 0) is 58.2 Å². The van der Waals surface area contributed by atoms with Gasteiger partial charge in [0.1, 0.15) is 11.9 Å². The lowest BCUT2D eigenvalue weighted by molar-refractivity contribution is -0.123. The largest absolute Gasteiger partial charge is 0.493 e. The van der Waals surface area contributed by atoms with Gasteiger partial charge in [-0.2, -0.15) is 4.99 Å². The zero-order valence-corrected chi connectivity index (χ0v) is 21.6. The van der Waals surface area contributed by atoms with E-state index < -0.39 is 17.8 Å². The number of benzene rings is 2. The lowest BCUT2D eigenvalue weighted by atomic mass is 10.0. The van der Waals surface area contributed by atoms with Crippen molar-refractivity contribution in [2.75, 3.05) is 14.2 Å². The van der Waals surface area contributed by atoms with Crippen molar-refractivity contribution in [1.82, 2.24) is 31.3 Å². The summed E-state index contributed by atoms with van der Waals surface area (Å²) in [5.74, 6) is -0.191. The SMILES string of the molecule is COc1ccc(CC(=O)N=C(N)N[C@H](CC(C)C)C(=O)NCc2ccc(-c3nnn[nH]3)c(F)c2)cc1OC. The molecule has 3 rings (SSSR count). The third-order valence-corrected chi connectivity index (χ3v) is 5.49. The smallest absolute Gasteiger partial charge is 0.253 e. The Kier molecular flexibility index (Phi) is 9.68. The van der Waals surface area contributed by atoms with E-state index in [1.54, 1.807) is 24.3 Å². The van der Waals surface area contributed by atoms with E-state index in [0.29, 0.717) is 29.0 Å². The van der Waals surface area contributed by atoms with Gasteiger partial charge >= 0.3 is 0 Å². The van der Waals surface area contributed by atoms with Crippen LogP contribution < -0.4 is 25.8 Å². The van der Waals surface area contributed by atoms with Gasteiger partial charge in [0.15, 0.2) is 23.3 Å². The summed E-state index contributed by atoms with van der Waals surface area (Å²) in [4.78, 5) is 29.3. The number of amides is 2. The number of rotatable bonds is 11. The van der Waals surface area contributed by atoms with E-state index in [0.717, 1.165) is 0 Å². The number of nitrogens with zero attached hydrogens (tertiary/aromatic N) is 4. The normalized spacial score (nSPS) is 12.2. The molecule has 1 aromatic heterocycles. The predicted octanol–water partition coefficient (Wildman–Crippen LogP) is 1.73. The second kappa shape index (κ2) is 13.1. The third-order valence-electron chi connectivity index (χ3n) is 5.49. The molecule has 3 aromatic rings. The molecule has 0 unspecified atom stereocenters. The summed E-state index contributed by atoms with van der Waals surface area (Å²) in [7, 11) is 3.03. The van der Waals surface area contributed by atoms with Crippen LogP contribution in [-0.4, -0.2) is 58.7 Å². The molecule has 0 fully saturated rings. The summed E-state index contributed by atoms with van der Waals surface area (Å²) < 4.78 is 24.9. The molecule has 0 radical (unpaired) electrons. The number of aromatic amines is 1. The van der Waals surface area contributed by atoms with Gasteiger partial charge in [0.25, 0.3) is 5.91 Å². The highest BCUT2D eigenvalue weighted by molar-refractivity contribution is 5.95. The molecule has 0 bridgehead atoms. The van der Waals surface area contributed by atoms with E-state index in [2.05, 4.69) is 36.3 Å². The van der Waals surface area contributed by atoms with Crippen molar-refractivity contribution in [2.24, 2.45) is 16.6 Å². The molecule has 0 saturated heterocycles. The van der Waals surface area contributed by atoms with Crippen LogP contribution in [0.1, 0.15) is 31.4 Å². The predicted molar refractivity (Wildman–Crippen MR) is 138 cm³/mol. The van der Waals surface area contributed by atoms with E-state index in [9.17, 15) is 14.0 Å². The van der Waals surface area contributed by atoms with Gasteiger partial charge in [-0.3, -0.25) is 9.59 Å². The minimum Gasteiger partial charge on any atom is -0.493 e. The van der Waals surface area contributed by atoms with Crippen molar-refractivity contribution in [3.8, 4) is 22.9 Å². The van der Waals surface area contributed by atoms with Crippen molar-refractivity contribution in [1.29, 1.82) is 0 Å². The Bertz CT molecular complexity index is 1280. The molecule has 38 heavy (non-hydrogen) atoms. The number of aromatic nitrogens is 4. The van der Waals surface area contributed by atoms with Crippen LogP contribution in [0.3, 0.4) is 0 Å². The molecule has 1 heterocycles. The fraction of sp³-hybridized carbons (Fsp3) is 0.360. The summed E-state index contributed by atoms with van der Waals surface area (Å²) in [5.41, 5.74) is 7.38. The van der Waals surface area contributed by atoms with Crippen LogP contribution in [0.2, 0.25) is 0 Å². The highest BCUT2D eigenvalue weighted by Crippen LogP contribution is 2.27. The van der Waals surface area contributed by atoms with Gasteiger partial charge in [-0.15, -0.1) is 5.10 Å². The maximum atomic E-state index is 14.5. The van der Waals surface area contributed by atoms with Crippen molar-refractivity contribution >= 4 is 17.8 Å². The van der Waals surface area contributed by atoms with Crippen molar-refractivity contribution < 1.29 is 23.5 Å². The first-order valence-corrected chi connectivity index (χ1v) is 11.8. The number of ether oxygens (including phenoxy) is 2. The fourth-order valence-corrected chi connectivity index (χ4v) is 3.70. The lowest BCUT2D eigenvalue weighted by Gasteiger charge is -2.20. The third kappa shape index (κ3) is 7.72. The average Bonchev–Trinajstić information content (AvgIpc) is 3.41. The Morgan fingerprint density at radius 3 is 2.47 bits per heavy atom. The first kappa shape index (κ1) is 28.0. The number of guanidine groups is 1. The van der Waals surface area contributed by atoms with Crippen LogP contribution in [0.25, 0.3) is 11.4 Å². The van der Waals surface area contributed by atoms with Crippen LogP contribution >= 0.6 is 0 Å². The summed E-state index contributed by atoms with van der Waals surface area (Å²) in [6.07, 6.45) is 0.410. The first-order chi connectivity index (χ1) is 18.2. The molecule has 0 spiro atoms. The van der Waals surface area contributed by atoms with Crippen molar-refractivity contribution in [2.45, 2.75) is 39.3 Å². The molecular weight excluding hydrogens is 495 g/mol. The summed E-state index contributed by atoms with van der Waals surface area (Å²) in [6, 6.07) is 8.84. The van der Waals surface area contributed by atoms with E-state index in [4.69, 9.17) is 15.2 Å². The number of nitrogens with one attached hydrogen (secondary N) is 3. The highest BCUT2D eigenvalue weighted by Gasteiger charge is 2.21. The van der Waals surface area contributed by atoms with Gasteiger partial charge in [-0.25, -0.2) is 9.49 Å². The number of aliphatic imine (C=N–C) groups is 1. The van der Waals surface area contributed by atoms with Crippen molar-refractivity contribution in [3.63, 3.8) is 0 Å². The lowest BCUT2D eigenvalue weighted by Crippen LogP contribution is -2.49. The van der Waals surface area contributed by atoms with Gasteiger partial charge in [0, 0.05) is 6.54 Å². The molecule has 0 aliphatic rings. The second-order valence-electron chi connectivity index (χ2n) is 8.87. The Labute approximate surface area is 219 Å². The number of hydrogen-bond donors (Lipinski definition) is 4. The summed E-state index contributed by atoms with van der Waals surface area (Å²) in [5, 5.41) is 18.7. The molecule has 5 N–H and O–H groups in total. The number of hydrogen-bond acceptors (Lipinski definition) is 7. The molecule has 2 amide bonds. The topological polar surface area (TPSA) is 170 Å². The molecule has 0 aliphatic carbocycles. The van der Waals surface area contributed by atoms with Crippen LogP contribution in [0.5, 0.6) is 11.5 Å². The number of carbonyl (C=O) groups is 2. The molecule has 12 nitrogen and oxygen atoms in total. The minimum absolute atomic E-state index is 0.0184. The van der Waals surface area contributed by atoms with Gasteiger partial charge in [-0.1, -0.05) is 26.0 Å². The van der Waals surface area contributed by atoms with E-state index in [1.807, 2.05) is 13.8 Å². The molecule has 1 atom stereocenters. The Hall–Kier alpha value is -4.55. The summed E-state index contributed by atoms with van der Waals surface area (Å²) >= 11 is 0. The number of methoxy groups -OCH3 is 2. The fourth-order valence-electron chi connectivity index (χ4n) is 3.70. The monoisotopic (exact) mass is 526 g/mol. The van der Waals surface area contributed by atoms with Gasteiger partial charge < -0.3 is 25.8 Å². The quantitative estimate of drug-likeness (QED) is 0.215. The zero-order valence-electron chi connectivity index (χ0n) is 21.6. The van der Waals surface area contributed by atoms with E-state index >= 15 is 0 Å². The number of nitrogens with two attached hydrogens (primary N) is 1. The molecule has 2 aromatic carbocycles.